The second kappa shape index (κ2) is 2.73. The molecule has 0 bridgehead atoms. The van der Waals surface area contributed by atoms with Gasteiger partial charge in [0.2, 0.25) is 0 Å². The van der Waals surface area contributed by atoms with Gasteiger partial charge in [0.25, 0.3) is 5.56 Å². The molecule has 0 spiro atoms. The number of fused-ring (bicyclic) bond motifs is 3. The predicted molar refractivity (Wildman–Crippen MR) is 59.1 cm³/mol. The number of pyridine rings is 1. The Bertz CT molecular complexity index is 706. The van der Waals surface area contributed by atoms with Crippen molar-refractivity contribution >= 4 is 21.9 Å². The van der Waals surface area contributed by atoms with E-state index in [1.807, 2.05) is 31.2 Å². The lowest BCUT2D eigenvalue weighted by Gasteiger charge is -2.01. The quantitative estimate of drug-likeness (QED) is 0.604. The van der Waals surface area contributed by atoms with Crippen LogP contribution in [-0.2, 0) is 0 Å². The van der Waals surface area contributed by atoms with Gasteiger partial charge in [-0.2, -0.15) is 0 Å². The highest BCUT2D eigenvalue weighted by Crippen LogP contribution is 2.23. The van der Waals surface area contributed by atoms with Crippen LogP contribution in [0.5, 0.6) is 0 Å². The molecule has 0 atom stereocenters. The van der Waals surface area contributed by atoms with Gasteiger partial charge in [-0.3, -0.25) is 4.79 Å². The van der Waals surface area contributed by atoms with Crippen molar-refractivity contribution in [2.45, 2.75) is 6.92 Å². The number of nitrogens with one attached hydrogen (secondary N) is 1. The molecule has 15 heavy (non-hydrogen) atoms. The van der Waals surface area contributed by atoms with Crippen molar-refractivity contribution in [1.82, 2.24) is 4.98 Å². The van der Waals surface area contributed by atoms with Crippen LogP contribution in [0, 0.1) is 6.92 Å². The molecule has 0 aliphatic heterocycles. The Labute approximate surface area is 85.3 Å². The number of aromatic nitrogens is 1. The molecule has 0 saturated heterocycles. The van der Waals surface area contributed by atoms with Crippen LogP contribution in [0.1, 0.15) is 5.56 Å². The third-order valence-corrected chi connectivity index (χ3v) is 2.67. The first-order valence-electron chi connectivity index (χ1n) is 4.76. The highest BCUT2D eigenvalue weighted by Gasteiger charge is 2.08. The van der Waals surface area contributed by atoms with Crippen molar-refractivity contribution in [3.8, 4) is 0 Å². The number of hydrogen-bond donors (Lipinski definition) is 1. The first kappa shape index (κ1) is 8.29. The normalized spacial score (nSPS) is 11.3. The molecular weight excluding hydrogens is 190 g/mol. The number of hydrogen-bond acceptors (Lipinski definition) is 2. The molecule has 74 valence electrons. The molecule has 0 unspecified atom stereocenters. The first-order chi connectivity index (χ1) is 7.27. The van der Waals surface area contributed by atoms with Crippen LogP contribution in [0.2, 0.25) is 0 Å². The molecule has 3 aromatic rings. The van der Waals surface area contributed by atoms with Gasteiger partial charge in [-0.1, -0.05) is 18.2 Å². The fourth-order valence-corrected chi connectivity index (χ4v) is 1.93. The van der Waals surface area contributed by atoms with E-state index in [0.29, 0.717) is 5.58 Å². The van der Waals surface area contributed by atoms with Crippen LogP contribution in [0.3, 0.4) is 0 Å². The smallest absolute Gasteiger partial charge is 0.292 e. The second-order valence-corrected chi connectivity index (χ2v) is 3.61. The Hall–Kier alpha value is -2.03. The van der Waals surface area contributed by atoms with Crippen molar-refractivity contribution in [2.24, 2.45) is 0 Å². The minimum atomic E-state index is -0.170. The van der Waals surface area contributed by atoms with E-state index in [1.165, 1.54) is 0 Å². The summed E-state index contributed by atoms with van der Waals surface area (Å²) in [7, 11) is 0. The van der Waals surface area contributed by atoms with Gasteiger partial charge in [-0.05, 0) is 18.6 Å². The van der Waals surface area contributed by atoms with E-state index < -0.39 is 0 Å². The van der Waals surface area contributed by atoms with Crippen molar-refractivity contribution in [3.63, 3.8) is 0 Å². The molecule has 2 aromatic heterocycles. The molecule has 2 heterocycles. The topological polar surface area (TPSA) is 46.0 Å². The third-order valence-electron chi connectivity index (χ3n) is 2.67. The molecule has 0 fully saturated rings. The van der Waals surface area contributed by atoms with Gasteiger partial charge in [0, 0.05) is 10.8 Å². The summed E-state index contributed by atoms with van der Waals surface area (Å²) < 4.78 is 5.15. The maximum Gasteiger partial charge on any atom is 0.292 e. The Morgan fingerprint density at radius 1 is 1.20 bits per heavy atom. The highest BCUT2D eigenvalue weighted by atomic mass is 16.3. The van der Waals surface area contributed by atoms with Crippen LogP contribution in [-0.4, -0.2) is 4.98 Å². The molecule has 1 aromatic carbocycles. The van der Waals surface area contributed by atoms with Crippen molar-refractivity contribution in [3.05, 3.63) is 46.4 Å². The average molecular weight is 199 g/mol. The Morgan fingerprint density at radius 2 is 2.07 bits per heavy atom. The second-order valence-electron chi connectivity index (χ2n) is 3.61. The third kappa shape index (κ3) is 1.03. The van der Waals surface area contributed by atoms with Gasteiger partial charge in [0.05, 0.1) is 11.8 Å². The summed E-state index contributed by atoms with van der Waals surface area (Å²) in [5.74, 6) is 0. The number of H-pyrrole nitrogens is 1. The summed E-state index contributed by atoms with van der Waals surface area (Å²) in [6.07, 6.45) is 1.54. The minimum absolute atomic E-state index is 0.170. The number of aryl methyl sites for hydroxylation is 1. The largest absolute Gasteiger partial charge is 0.459 e. The zero-order valence-corrected chi connectivity index (χ0v) is 8.20. The molecular formula is C12H9NO2. The van der Waals surface area contributed by atoms with E-state index in [-0.39, 0.29) is 5.56 Å². The Balaban J connectivity index is 2.72. The number of benzene rings is 1. The molecule has 0 radical (unpaired) electrons. The van der Waals surface area contributed by atoms with Crippen LogP contribution in [0.25, 0.3) is 21.9 Å². The van der Waals surface area contributed by atoms with E-state index in [1.54, 1.807) is 6.26 Å². The number of rotatable bonds is 0. The summed E-state index contributed by atoms with van der Waals surface area (Å²) in [5, 5.41) is 1.90. The lowest BCUT2D eigenvalue weighted by atomic mass is 10.1. The standard InChI is InChI=1S/C12H9NO2/c1-7-3-2-4-8-9-5-6-15-11(9)12(14)13-10(7)8/h2-6H,1H3,(H,13,14). The maximum absolute atomic E-state index is 11.7. The van der Waals surface area contributed by atoms with Gasteiger partial charge in [0.15, 0.2) is 5.58 Å². The Kier molecular flexibility index (Phi) is 1.51. The van der Waals surface area contributed by atoms with E-state index in [0.717, 1.165) is 21.9 Å². The molecule has 0 amide bonds. The van der Waals surface area contributed by atoms with Gasteiger partial charge < -0.3 is 9.40 Å². The molecule has 3 nitrogen and oxygen atoms in total. The zero-order chi connectivity index (χ0) is 10.4. The van der Waals surface area contributed by atoms with Crippen molar-refractivity contribution in [1.29, 1.82) is 0 Å². The van der Waals surface area contributed by atoms with E-state index in [9.17, 15) is 4.79 Å². The fraction of sp³-hybridized carbons (Fsp3) is 0.0833. The van der Waals surface area contributed by atoms with Gasteiger partial charge in [-0.25, -0.2) is 0 Å². The Morgan fingerprint density at radius 3 is 2.93 bits per heavy atom. The summed E-state index contributed by atoms with van der Waals surface area (Å²) in [5.41, 5.74) is 2.18. The molecule has 0 saturated carbocycles. The maximum atomic E-state index is 11.7. The van der Waals surface area contributed by atoms with E-state index in [2.05, 4.69) is 4.98 Å². The van der Waals surface area contributed by atoms with Crippen molar-refractivity contribution in [2.75, 3.05) is 0 Å². The van der Waals surface area contributed by atoms with Crippen LogP contribution < -0.4 is 5.56 Å². The highest BCUT2D eigenvalue weighted by molar-refractivity contribution is 6.04. The molecule has 0 aliphatic carbocycles. The van der Waals surface area contributed by atoms with E-state index in [4.69, 9.17) is 4.42 Å². The average Bonchev–Trinajstić information content (AvgIpc) is 2.69. The number of para-hydroxylation sites is 1. The monoisotopic (exact) mass is 199 g/mol. The molecule has 0 aliphatic rings. The van der Waals surface area contributed by atoms with Gasteiger partial charge in [-0.15, -0.1) is 0 Å². The predicted octanol–water partition coefficient (Wildman–Crippen LogP) is 2.58. The molecule has 1 N–H and O–H groups in total. The van der Waals surface area contributed by atoms with Crippen molar-refractivity contribution < 1.29 is 4.42 Å². The number of furan rings is 1. The molecule has 3 heteroatoms. The minimum Gasteiger partial charge on any atom is -0.459 e. The fourth-order valence-electron chi connectivity index (χ4n) is 1.93. The summed E-state index contributed by atoms with van der Waals surface area (Å²) >= 11 is 0. The van der Waals surface area contributed by atoms with Crippen LogP contribution in [0.4, 0.5) is 0 Å². The van der Waals surface area contributed by atoms with Crippen LogP contribution >= 0.6 is 0 Å². The lowest BCUT2D eigenvalue weighted by Crippen LogP contribution is -2.05. The number of aromatic amines is 1. The summed E-state index contributed by atoms with van der Waals surface area (Å²) in [6.45, 7) is 1.98. The van der Waals surface area contributed by atoms with Crippen LogP contribution in [0.15, 0.2) is 39.7 Å². The van der Waals surface area contributed by atoms with E-state index >= 15 is 0 Å². The zero-order valence-electron chi connectivity index (χ0n) is 8.20. The SMILES string of the molecule is Cc1cccc2c1[nH]c(=O)c1occc12. The van der Waals surface area contributed by atoms with Gasteiger partial charge >= 0.3 is 0 Å². The summed E-state index contributed by atoms with van der Waals surface area (Å²) in [4.78, 5) is 14.5. The van der Waals surface area contributed by atoms with Gasteiger partial charge in [0.1, 0.15) is 0 Å². The lowest BCUT2D eigenvalue weighted by molar-refractivity contribution is 0.611. The molecule has 3 rings (SSSR count). The summed E-state index contributed by atoms with van der Waals surface area (Å²) in [6, 6.07) is 7.76. The first-order valence-corrected chi connectivity index (χ1v) is 4.76.